The predicted octanol–water partition coefficient (Wildman–Crippen LogP) is 4.25. The van der Waals surface area contributed by atoms with Crippen molar-refractivity contribution in [3.8, 4) is 0 Å². The molecule has 0 heterocycles. The van der Waals surface area contributed by atoms with Gasteiger partial charge in [-0.2, -0.15) is 0 Å². The van der Waals surface area contributed by atoms with Gasteiger partial charge in [0.15, 0.2) is 5.78 Å². The Morgan fingerprint density at radius 2 is 1.55 bits per heavy atom. The maximum atomic E-state index is 11.5. The van der Waals surface area contributed by atoms with Gasteiger partial charge in [0.1, 0.15) is 6.42 Å². The Kier molecular flexibility index (Phi) is 7.63. The number of hydrogen-bond donors (Lipinski definition) is 1. The molecule has 0 spiro atoms. The van der Waals surface area contributed by atoms with Crippen molar-refractivity contribution in [1.29, 1.82) is 0 Å². The minimum atomic E-state index is -1.08. The number of aryl methyl sites for hydroxylation is 1. The van der Waals surface area contributed by atoms with Crippen molar-refractivity contribution in [2.24, 2.45) is 0 Å². The maximum Gasteiger partial charge on any atom is 0.311 e. The second-order valence-electron chi connectivity index (χ2n) is 5.21. The second-order valence-corrected chi connectivity index (χ2v) is 5.21. The van der Waals surface area contributed by atoms with Crippen LogP contribution in [0.15, 0.2) is 24.3 Å². The van der Waals surface area contributed by atoms with E-state index < -0.39 is 12.4 Å². The first-order chi connectivity index (χ1) is 9.63. The number of Topliss-reactive ketones (excluding diaryl/α,β-unsaturated/α-hetero) is 1. The van der Waals surface area contributed by atoms with Crippen molar-refractivity contribution >= 4 is 11.8 Å². The van der Waals surface area contributed by atoms with E-state index in [1.807, 2.05) is 12.1 Å². The third kappa shape index (κ3) is 6.50. The van der Waals surface area contributed by atoms with Crippen molar-refractivity contribution in [3.05, 3.63) is 35.4 Å². The molecule has 0 atom stereocenters. The summed E-state index contributed by atoms with van der Waals surface area (Å²) in [7, 11) is 0. The minimum absolute atomic E-state index is 0.330. The van der Waals surface area contributed by atoms with E-state index in [0.717, 1.165) is 6.42 Å². The molecule has 0 saturated carbocycles. The third-order valence-electron chi connectivity index (χ3n) is 3.41. The van der Waals surface area contributed by atoms with Gasteiger partial charge in [0.05, 0.1) is 0 Å². The van der Waals surface area contributed by atoms with Gasteiger partial charge in [-0.3, -0.25) is 9.59 Å². The molecule has 110 valence electrons. The van der Waals surface area contributed by atoms with E-state index in [4.69, 9.17) is 5.11 Å². The fraction of sp³-hybridized carbons (Fsp3) is 0.529. The van der Waals surface area contributed by atoms with Gasteiger partial charge in [0, 0.05) is 5.56 Å². The van der Waals surface area contributed by atoms with Gasteiger partial charge in [-0.25, -0.2) is 0 Å². The van der Waals surface area contributed by atoms with Gasteiger partial charge in [-0.05, 0) is 18.4 Å². The molecule has 0 aliphatic heterocycles. The van der Waals surface area contributed by atoms with E-state index in [0.29, 0.717) is 5.56 Å². The smallest absolute Gasteiger partial charge is 0.311 e. The molecule has 0 radical (unpaired) electrons. The number of hydrogen-bond acceptors (Lipinski definition) is 2. The molecule has 1 rings (SSSR count). The molecule has 1 aromatic rings. The lowest BCUT2D eigenvalue weighted by molar-refractivity contribution is -0.135. The summed E-state index contributed by atoms with van der Waals surface area (Å²) in [6.45, 7) is 2.22. The van der Waals surface area contributed by atoms with Crippen LogP contribution in [0.5, 0.6) is 0 Å². The molecule has 1 N–H and O–H groups in total. The zero-order valence-corrected chi connectivity index (χ0v) is 12.2. The lowest BCUT2D eigenvalue weighted by Gasteiger charge is -2.03. The average Bonchev–Trinajstić information content (AvgIpc) is 2.42. The van der Waals surface area contributed by atoms with E-state index in [1.165, 1.54) is 44.1 Å². The minimum Gasteiger partial charge on any atom is -0.481 e. The highest BCUT2D eigenvalue weighted by atomic mass is 16.4. The van der Waals surface area contributed by atoms with Crippen molar-refractivity contribution < 1.29 is 14.7 Å². The molecular weight excluding hydrogens is 252 g/mol. The van der Waals surface area contributed by atoms with Crippen molar-refractivity contribution in [2.45, 2.75) is 58.3 Å². The molecule has 0 unspecified atom stereocenters. The third-order valence-corrected chi connectivity index (χ3v) is 3.41. The molecule has 1 aromatic carbocycles. The predicted molar refractivity (Wildman–Crippen MR) is 80.1 cm³/mol. The van der Waals surface area contributed by atoms with Crippen LogP contribution in [0.1, 0.15) is 67.8 Å². The van der Waals surface area contributed by atoms with Gasteiger partial charge in [-0.15, -0.1) is 0 Å². The van der Waals surface area contributed by atoms with E-state index in [2.05, 4.69) is 6.92 Å². The zero-order chi connectivity index (χ0) is 14.8. The number of carboxylic acid groups (broad SMARTS) is 1. The van der Waals surface area contributed by atoms with E-state index in [-0.39, 0.29) is 5.78 Å². The summed E-state index contributed by atoms with van der Waals surface area (Å²) < 4.78 is 0. The maximum absolute atomic E-state index is 11.5. The Balaban J connectivity index is 2.31. The molecule has 20 heavy (non-hydrogen) atoms. The number of rotatable bonds is 10. The molecule has 3 heteroatoms. The molecular formula is C17H24O3. The highest BCUT2D eigenvalue weighted by molar-refractivity contribution is 6.05. The van der Waals surface area contributed by atoms with Crippen LogP contribution in [-0.4, -0.2) is 16.9 Å². The van der Waals surface area contributed by atoms with Crippen molar-refractivity contribution in [3.63, 3.8) is 0 Å². The number of carbonyl (C=O) groups is 2. The summed E-state index contributed by atoms with van der Waals surface area (Å²) in [5.74, 6) is -1.41. The number of ketones is 1. The number of carboxylic acids is 1. The monoisotopic (exact) mass is 276 g/mol. The lowest BCUT2D eigenvalue weighted by Crippen LogP contribution is -2.06. The number of benzene rings is 1. The molecule has 0 aliphatic carbocycles. The Morgan fingerprint density at radius 3 is 2.15 bits per heavy atom. The average molecular weight is 276 g/mol. The summed E-state index contributed by atoms with van der Waals surface area (Å²) in [5.41, 5.74) is 1.70. The van der Waals surface area contributed by atoms with Crippen LogP contribution in [0, 0.1) is 0 Å². The Morgan fingerprint density at radius 1 is 0.950 bits per heavy atom. The summed E-state index contributed by atoms with van der Waals surface area (Å²) in [6.07, 6.45) is 8.22. The fourth-order valence-corrected chi connectivity index (χ4v) is 2.21. The van der Waals surface area contributed by atoms with Crippen LogP contribution >= 0.6 is 0 Å². The van der Waals surface area contributed by atoms with Gasteiger partial charge in [-0.1, -0.05) is 63.3 Å². The Labute approximate surface area is 121 Å². The van der Waals surface area contributed by atoms with E-state index in [1.54, 1.807) is 12.1 Å². The number of carbonyl (C=O) groups excluding carboxylic acids is 1. The molecule has 0 saturated heterocycles. The Hall–Kier alpha value is -1.64. The highest BCUT2D eigenvalue weighted by Gasteiger charge is 2.09. The van der Waals surface area contributed by atoms with Crippen LogP contribution in [0.4, 0.5) is 0 Å². The first-order valence-electron chi connectivity index (χ1n) is 7.47. The SMILES string of the molecule is CCCCCCCCc1ccc(C(=O)CC(=O)O)cc1. The molecule has 0 aromatic heterocycles. The van der Waals surface area contributed by atoms with Crippen LogP contribution in [0.2, 0.25) is 0 Å². The molecule has 0 fully saturated rings. The quantitative estimate of drug-likeness (QED) is 0.395. The van der Waals surface area contributed by atoms with Gasteiger partial charge < -0.3 is 5.11 Å². The van der Waals surface area contributed by atoms with Crippen LogP contribution in [0.3, 0.4) is 0 Å². The van der Waals surface area contributed by atoms with Crippen molar-refractivity contribution in [2.75, 3.05) is 0 Å². The molecule has 0 aliphatic rings. The topological polar surface area (TPSA) is 54.4 Å². The van der Waals surface area contributed by atoms with Gasteiger partial charge >= 0.3 is 5.97 Å². The zero-order valence-electron chi connectivity index (χ0n) is 12.2. The van der Waals surface area contributed by atoms with Crippen LogP contribution in [-0.2, 0) is 11.2 Å². The van der Waals surface area contributed by atoms with E-state index >= 15 is 0 Å². The number of unbranched alkanes of at least 4 members (excludes halogenated alkanes) is 5. The largest absolute Gasteiger partial charge is 0.481 e. The normalized spacial score (nSPS) is 10.4. The lowest BCUT2D eigenvalue weighted by atomic mass is 10.0. The summed E-state index contributed by atoms with van der Waals surface area (Å²) in [4.78, 5) is 22.0. The first kappa shape index (κ1) is 16.4. The summed E-state index contributed by atoms with van der Waals surface area (Å²) in [6, 6.07) is 7.33. The fourth-order valence-electron chi connectivity index (χ4n) is 2.21. The summed E-state index contributed by atoms with van der Waals surface area (Å²) in [5, 5.41) is 8.58. The van der Waals surface area contributed by atoms with Gasteiger partial charge in [0.25, 0.3) is 0 Å². The highest BCUT2D eigenvalue weighted by Crippen LogP contribution is 2.12. The summed E-state index contributed by atoms with van der Waals surface area (Å²) >= 11 is 0. The van der Waals surface area contributed by atoms with Crippen LogP contribution < -0.4 is 0 Å². The molecule has 3 nitrogen and oxygen atoms in total. The Bertz CT molecular complexity index is 420. The van der Waals surface area contributed by atoms with Crippen LogP contribution in [0.25, 0.3) is 0 Å². The second kappa shape index (κ2) is 9.29. The first-order valence-corrected chi connectivity index (χ1v) is 7.47. The molecule has 0 bridgehead atoms. The molecule has 0 amide bonds. The van der Waals surface area contributed by atoms with Crippen molar-refractivity contribution in [1.82, 2.24) is 0 Å². The number of aliphatic carboxylic acids is 1. The van der Waals surface area contributed by atoms with E-state index in [9.17, 15) is 9.59 Å². The standard InChI is InChI=1S/C17H24O3/c1-2-3-4-5-6-7-8-14-9-11-15(12-10-14)16(18)13-17(19)20/h9-12H,2-8,13H2,1H3,(H,19,20). The van der Waals surface area contributed by atoms with Gasteiger partial charge in [0.2, 0.25) is 0 Å².